The van der Waals surface area contributed by atoms with Crippen LogP contribution in [0.1, 0.15) is 18.9 Å². The fraction of sp³-hybridized carbons (Fsp3) is 0.375. The molecule has 2 aliphatic rings. The number of carbonyl (C=O) groups excluding carboxylic acids is 1. The molecule has 1 saturated heterocycles. The Morgan fingerprint density at radius 1 is 1.03 bits per heavy atom. The molecule has 1 aromatic heterocycles. The van der Waals surface area contributed by atoms with Gasteiger partial charge in [-0.15, -0.1) is 0 Å². The first-order valence-electron chi connectivity index (χ1n) is 10.6. The third kappa shape index (κ3) is 3.40. The van der Waals surface area contributed by atoms with Gasteiger partial charge in [0.25, 0.3) is 0 Å². The number of fused-ring (bicyclic) bond motifs is 2. The molecule has 5 rings (SSSR count). The molecule has 0 radical (unpaired) electrons. The van der Waals surface area contributed by atoms with Crippen molar-refractivity contribution >= 4 is 28.1 Å². The molecule has 3 aromatic rings. The summed E-state index contributed by atoms with van der Waals surface area (Å²) in [4.78, 5) is 20.8. The number of para-hydroxylation sites is 1. The second kappa shape index (κ2) is 7.56. The molecule has 0 bridgehead atoms. The number of nitrogens with one attached hydrogen (secondary N) is 2. The Bertz CT molecular complexity index is 1020. The van der Waals surface area contributed by atoms with E-state index in [9.17, 15) is 4.79 Å². The Labute approximate surface area is 171 Å². The Morgan fingerprint density at radius 2 is 1.86 bits per heavy atom. The average Bonchev–Trinajstić information content (AvgIpc) is 3.23. The number of hydrogen-bond donors (Lipinski definition) is 2. The summed E-state index contributed by atoms with van der Waals surface area (Å²) >= 11 is 0. The third-order valence-corrected chi connectivity index (χ3v) is 6.50. The quantitative estimate of drug-likeness (QED) is 0.716. The van der Waals surface area contributed by atoms with Gasteiger partial charge in [0.1, 0.15) is 5.78 Å². The van der Waals surface area contributed by atoms with Gasteiger partial charge in [-0.1, -0.05) is 24.3 Å². The van der Waals surface area contributed by atoms with Gasteiger partial charge in [-0.05, 0) is 49.6 Å². The van der Waals surface area contributed by atoms with Crippen molar-refractivity contribution in [3.05, 3.63) is 60.3 Å². The normalized spacial score (nSPS) is 20.9. The number of hydrogen-bond acceptors (Lipinski definition) is 4. The number of carbonyl (C=O) groups is 1. The number of Topliss-reactive ketones (excluding diaryl/α,β-unsaturated/α-hetero) is 1. The van der Waals surface area contributed by atoms with Gasteiger partial charge in [0.2, 0.25) is 0 Å². The van der Waals surface area contributed by atoms with Crippen molar-refractivity contribution in [1.29, 1.82) is 0 Å². The third-order valence-electron chi connectivity index (χ3n) is 6.50. The standard InChI is InChI=1S/C24H28N4O/c1-17(29)24(22-10-9-18-5-2-3-6-20(18)26-22)28-15-13-27(14-16-28)23-8-4-7-21-19(23)11-12-25-21/h2-8,11-12,22,24-26H,9-10,13-16H2,1H3. The van der Waals surface area contributed by atoms with Crippen LogP contribution in [-0.2, 0) is 11.2 Å². The zero-order valence-corrected chi connectivity index (χ0v) is 16.9. The maximum Gasteiger partial charge on any atom is 0.149 e. The SMILES string of the molecule is CC(=O)C(C1CCc2ccccc2N1)N1CCN(c2cccc3[nH]ccc23)CC1. The Kier molecular flexibility index (Phi) is 4.76. The molecule has 150 valence electrons. The minimum Gasteiger partial charge on any atom is -0.380 e. The summed E-state index contributed by atoms with van der Waals surface area (Å²) in [7, 11) is 0. The molecule has 2 aliphatic heterocycles. The fourth-order valence-electron chi connectivity index (χ4n) is 5.08. The van der Waals surface area contributed by atoms with Gasteiger partial charge < -0.3 is 15.2 Å². The van der Waals surface area contributed by atoms with Crippen LogP contribution in [0.25, 0.3) is 10.9 Å². The molecule has 2 unspecified atom stereocenters. The van der Waals surface area contributed by atoms with E-state index in [0.717, 1.165) is 39.0 Å². The van der Waals surface area contributed by atoms with Crippen molar-refractivity contribution in [2.75, 3.05) is 36.4 Å². The van der Waals surface area contributed by atoms with Gasteiger partial charge in [0.05, 0.1) is 6.04 Å². The smallest absolute Gasteiger partial charge is 0.149 e. The molecule has 3 heterocycles. The molecule has 5 heteroatoms. The first kappa shape index (κ1) is 18.3. The maximum absolute atomic E-state index is 12.6. The number of benzene rings is 2. The van der Waals surface area contributed by atoms with Crippen molar-refractivity contribution in [3.8, 4) is 0 Å². The lowest BCUT2D eigenvalue weighted by molar-refractivity contribution is -0.122. The topological polar surface area (TPSA) is 51.4 Å². The minimum atomic E-state index is -0.0615. The zero-order chi connectivity index (χ0) is 19.8. The lowest BCUT2D eigenvalue weighted by Crippen LogP contribution is -2.58. The van der Waals surface area contributed by atoms with E-state index in [-0.39, 0.29) is 17.9 Å². The van der Waals surface area contributed by atoms with Crippen LogP contribution in [-0.4, -0.2) is 53.9 Å². The lowest BCUT2D eigenvalue weighted by atomic mass is 9.90. The van der Waals surface area contributed by atoms with Crippen molar-refractivity contribution in [2.45, 2.75) is 31.8 Å². The van der Waals surface area contributed by atoms with E-state index in [0.29, 0.717) is 0 Å². The highest BCUT2D eigenvalue weighted by atomic mass is 16.1. The highest BCUT2D eigenvalue weighted by molar-refractivity contribution is 5.92. The van der Waals surface area contributed by atoms with Crippen LogP contribution < -0.4 is 10.2 Å². The van der Waals surface area contributed by atoms with Crippen LogP contribution in [0.2, 0.25) is 0 Å². The summed E-state index contributed by atoms with van der Waals surface area (Å²) in [5.74, 6) is 0.267. The summed E-state index contributed by atoms with van der Waals surface area (Å²) in [6.45, 7) is 5.45. The number of aromatic amines is 1. The number of piperazine rings is 1. The second-order valence-electron chi connectivity index (χ2n) is 8.24. The van der Waals surface area contributed by atoms with Gasteiger partial charge >= 0.3 is 0 Å². The number of nitrogens with zero attached hydrogens (tertiary/aromatic N) is 2. The average molecular weight is 389 g/mol. The van der Waals surface area contributed by atoms with Gasteiger partial charge in [0.15, 0.2) is 0 Å². The molecule has 5 nitrogen and oxygen atoms in total. The van der Waals surface area contributed by atoms with E-state index in [4.69, 9.17) is 0 Å². The van der Waals surface area contributed by atoms with Gasteiger partial charge in [-0.25, -0.2) is 0 Å². The molecule has 2 atom stereocenters. The highest BCUT2D eigenvalue weighted by Crippen LogP contribution is 2.30. The number of ketones is 1. The number of H-pyrrole nitrogens is 1. The van der Waals surface area contributed by atoms with Crippen LogP contribution in [0.3, 0.4) is 0 Å². The molecule has 2 N–H and O–H groups in total. The number of aryl methyl sites for hydroxylation is 1. The van der Waals surface area contributed by atoms with E-state index >= 15 is 0 Å². The molecular weight excluding hydrogens is 360 g/mol. The van der Waals surface area contributed by atoms with Crippen molar-refractivity contribution < 1.29 is 4.79 Å². The largest absolute Gasteiger partial charge is 0.380 e. The second-order valence-corrected chi connectivity index (χ2v) is 8.24. The summed E-state index contributed by atoms with van der Waals surface area (Å²) in [6, 6.07) is 17.2. The minimum absolute atomic E-state index is 0.0615. The maximum atomic E-state index is 12.6. The van der Waals surface area contributed by atoms with Gasteiger partial charge in [-0.3, -0.25) is 9.69 Å². The predicted octanol–water partition coefficient (Wildman–Crippen LogP) is 3.67. The Balaban J connectivity index is 1.31. The molecule has 0 spiro atoms. The first-order chi connectivity index (χ1) is 14.2. The summed E-state index contributed by atoms with van der Waals surface area (Å²) in [5.41, 5.74) is 5.01. The fourth-order valence-corrected chi connectivity index (χ4v) is 5.08. The molecule has 2 aromatic carbocycles. The summed E-state index contributed by atoms with van der Waals surface area (Å²) < 4.78 is 0. The van der Waals surface area contributed by atoms with Gasteiger partial charge in [-0.2, -0.15) is 0 Å². The molecule has 1 fully saturated rings. The predicted molar refractivity (Wildman–Crippen MR) is 119 cm³/mol. The van der Waals surface area contributed by atoms with Gasteiger partial charge in [0, 0.05) is 60.7 Å². The van der Waals surface area contributed by atoms with E-state index in [1.165, 1.54) is 27.8 Å². The number of anilines is 2. The summed E-state index contributed by atoms with van der Waals surface area (Å²) in [5, 5.41) is 4.93. The lowest BCUT2D eigenvalue weighted by Gasteiger charge is -2.43. The Morgan fingerprint density at radius 3 is 2.69 bits per heavy atom. The molecule has 0 aliphatic carbocycles. The van der Waals surface area contributed by atoms with Crippen LogP contribution in [0, 0.1) is 0 Å². The molecular formula is C24H28N4O. The van der Waals surface area contributed by atoms with Crippen molar-refractivity contribution in [1.82, 2.24) is 9.88 Å². The van der Waals surface area contributed by atoms with Crippen LogP contribution >= 0.6 is 0 Å². The van der Waals surface area contributed by atoms with Crippen molar-refractivity contribution in [2.24, 2.45) is 0 Å². The number of rotatable bonds is 4. The molecule has 0 saturated carbocycles. The number of aromatic nitrogens is 1. The zero-order valence-electron chi connectivity index (χ0n) is 16.9. The molecule has 29 heavy (non-hydrogen) atoms. The van der Waals surface area contributed by atoms with Crippen LogP contribution in [0.5, 0.6) is 0 Å². The van der Waals surface area contributed by atoms with Crippen LogP contribution in [0.4, 0.5) is 11.4 Å². The van der Waals surface area contributed by atoms with E-state index in [1.54, 1.807) is 6.92 Å². The van der Waals surface area contributed by atoms with E-state index in [2.05, 4.69) is 68.6 Å². The highest BCUT2D eigenvalue weighted by Gasteiger charge is 2.35. The van der Waals surface area contributed by atoms with E-state index < -0.39 is 0 Å². The van der Waals surface area contributed by atoms with E-state index in [1.807, 2.05) is 6.20 Å². The first-order valence-corrected chi connectivity index (χ1v) is 10.6. The Hall–Kier alpha value is -2.79. The van der Waals surface area contributed by atoms with Crippen molar-refractivity contribution in [3.63, 3.8) is 0 Å². The monoisotopic (exact) mass is 388 g/mol. The van der Waals surface area contributed by atoms with Crippen LogP contribution in [0.15, 0.2) is 54.7 Å². The molecule has 0 amide bonds. The summed E-state index contributed by atoms with van der Waals surface area (Å²) in [6.07, 6.45) is 4.04.